The average molecular weight is 345 g/mol. The molecule has 2 nitrogen and oxygen atoms in total. The minimum Gasteiger partial charge on any atom is -0.365 e. The fourth-order valence-electron chi connectivity index (χ4n) is 2.29. The number of hydrogen-bond acceptors (Lipinski definition) is 2. The third kappa shape index (κ3) is 13.7. The van der Waals surface area contributed by atoms with Crippen LogP contribution in [0, 0.1) is 0 Å². The van der Waals surface area contributed by atoms with Crippen molar-refractivity contribution < 1.29 is 0 Å². The van der Waals surface area contributed by atoms with Gasteiger partial charge in [-0.3, -0.25) is 4.99 Å². The Kier molecular flexibility index (Phi) is 14.6. The number of amidine groups is 1. The van der Waals surface area contributed by atoms with E-state index in [1.165, 1.54) is 62.2 Å². The number of nitrogens with zero attached hydrogens (tertiary/aromatic N) is 1. The van der Waals surface area contributed by atoms with E-state index in [9.17, 15) is 0 Å². The van der Waals surface area contributed by atoms with Crippen molar-refractivity contribution in [1.29, 1.82) is 0 Å². The van der Waals surface area contributed by atoms with Crippen LogP contribution < -0.4 is 5.32 Å². The molecule has 0 heterocycles. The smallest absolute Gasteiger partial charge is 0.156 e. The van der Waals surface area contributed by atoms with Crippen molar-refractivity contribution in [3.05, 3.63) is 0 Å². The first-order valence-corrected chi connectivity index (χ1v) is 13.9. The second-order valence-electron chi connectivity index (χ2n) is 6.94. The molecular formula is C18H40N2SSi. The number of hydrogen-bond donors (Lipinski definition) is 1. The fraction of sp³-hybridized carbons (Fsp3) is 0.944. The second-order valence-corrected chi connectivity index (χ2v) is 13.7. The van der Waals surface area contributed by atoms with Crippen LogP contribution in [0.25, 0.3) is 0 Å². The van der Waals surface area contributed by atoms with Crippen LogP contribution >= 0.6 is 11.8 Å². The van der Waals surface area contributed by atoms with Gasteiger partial charge < -0.3 is 5.32 Å². The predicted octanol–water partition coefficient (Wildman–Crippen LogP) is 6.16. The summed E-state index contributed by atoms with van der Waals surface area (Å²) in [7, 11) is -0.870. The molecule has 1 N–H and O–H groups in total. The molecule has 0 unspecified atom stereocenters. The Morgan fingerprint density at radius 1 is 0.955 bits per heavy atom. The van der Waals surface area contributed by atoms with E-state index in [4.69, 9.17) is 4.99 Å². The number of nitrogens with one attached hydrogen (secondary N) is 1. The molecule has 0 saturated carbocycles. The van der Waals surface area contributed by atoms with Gasteiger partial charge in [0.2, 0.25) is 0 Å². The summed E-state index contributed by atoms with van der Waals surface area (Å²) >= 11 is 1.86. The predicted molar refractivity (Wildman–Crippen MR) is 109 cm³/mol. The van der Waals surface area contributed by atoms with Gasteiger partial charge in [-0.15, -0.1) is 0 Å². The quantitative estimate of drug-likeness (QED) is 0.187. The zero-order valence-electron chi connectivity index (χ0n) is 15.8. The number of thioether (sulfide) groups is 1. The number of rotatable bonds is 13. The summed E-state index contributed by atoms with van der Waals surface area (Å²) in [5.74, 6) is 1.11. The summed E-state index contributed by atoms with van der Waals surface area (Å²) in [6, 6.07) is 2.88. The normalized spacial score (nSPS) is 12.7. The molecule has 132 valence electrons. The molecule has 0 spiro atoms. The van der Waals surface area contributed by atoms with Crippen LogP contribution in [0.3, 0.4) is 0 Å². The molecule has 22 heavy (non-hydrogen) atoms. The minimum atomic E-state index is -0.870. The zero-order chi connectivity index (χ0) is 16.7. The van der Waals surface area contributed by atoms with Crippen molar-refractivity contribution in [2.75, 3.05) is 18.8 Å². The first-order chi connectivity index (χ1) is 10.6. The van der Waals surface area contributed by atoms with Crippen LogP contribution in [0.2, 0.25) is 25.2 Å². The number of unbranched alkanes of at least 4 members (excludes halogenated alkanes) is 5. The SMILES string of the molecule is CCCCCCCN=C(NCCCC[Si](C)(C)CC)SCC. The van der Waals surface area contributed by atoms with Gasteiger partial charge in [0, 0.05) is 21.2 Å². The Labute approximate surface area is 145 Å². The highest BCUT2D eigenvalue weighted by molar-refractivity contribution is 8.13. The molecule has 0 fully saturated rings. The Balaban J connectivity index is 3.79. The van der Waals surface area contributed by atoms with Gasteiger partial charge in [0.1, 0.15) is 0 Å². The van der Waals surface area contributed by atoms with Gasteiger partial charge in [0.25, 0.3) is 0 Å². The van der Waals surface area contributed by atoms with Crippen LogP contribution in [-0.4, -0.2) is 32.1 Å². The molecule has 0 saturated heterocycles. The highest BCUT2D eigenvalue weighted by atomic mass is 32.2. The molecule has 0 radical (unpaired) electrons. The van der Waals surface area contributed by atoms with E-state index in [0.717, 1.165) is 18.8 Å². The lowest BCUT2D eigenvalue weighted by atomic mass is 10.2. The zero-order valence-corrected chi connectivity index (χ0v) is 17.7. The molecule has 0 aliphatic heterocycles. The Morgan fingerprint density at radius 3 is 2.32 bits per heavy atom. The van der Waals surface area contributed by atoms with Crippen molar-refractivity contribution in [3.8, 4) is 0 Å². The molecule has 0 rings (SSSR count). The molecule has 0 aromatic heterocycles. The van der Waals surface area contributed by atoms with Crippen molar-refractivity contribution in [2.24, 2.45) is 4.99 Å². The molecular weight excluding hydrogens is 304 g/mol. The molecule has 0 aromatic rings. The van der Waals surface area contributed by atoms with Crippen LogP contribution in [0.15, 0.2) is 4.99 Å². The summed E-state index contributed by atoms with van der Waals surface area (Å²) in [5.41, 5.74) is 0. The molecule has 0 aromatic carbocycles. The Bertz CT molecular complexity index is 280. The van der Waals surface area contributed by atoms with E-state index >= 15 is 0 Å². The van der Waals surface area contributed by atoms with Crippen LogP contribution in [-0.2, 0) is 0 Å². The first kappa shape index (κ1) is 22.0. The summed E-state index contributed by atoms with van der Waals surface area (Å²) in [5, 5.41) is 4.73. The van der Waals surface area contributed by atoms with Crippen LogP contribution in [0.5, 0.6) is 0 Å². The molecule has 0 atom stereocenters. The van der Waals surface area contributed by atoms with Gasteiger partial charge in [-0.05, 0) is 18.6 Å². The summed E-state index contributed by atoms with van der Waals surface area (Å²) in [4.78, 5) is 4.75. The van der Waals surface area contributed by atoms with Crippen LogP contribution in [0.4, 0.5) is 0 Å². The standard InChI is InChI=1S/C18H40N2SSi/c1-6-9-10-11-12-15-19-18(21-7-2)20-16-13-14-17-22(4,5)8-3/h6-17H2,1-5H3,(H,19,20). The third-order valence-electron chi connectivity index (χ3n) is 4.31. The lowest BCUT2D eigenvalue weighted by Crippen LogP contribution is -2.25. The fourth-order valence-corrected chi connectivity index (χ4v) is 4.51. The highest BCUT2D eigenvalue weighted by Crippen LogP contribution is 2.17. The van der Waals surface area contributed by atoms with E-state index in [1.807, 2.05) is 11.8 Å². The van der Waals surface area contributed by atoms with Crippen molar-refractivity contribution in [1.82, 2.24) is 5.32 Å². The molecule has 0 bridgehead atoms. The summed E-state index contributed by atoms with van der Waals surface area (Å²) in [6.07, 6.45) is 9.30. The molecule has 0 aliphatic rings. The van der Waals surface area contributed by atoms with Crippen LogP contribution in [0.1, 0.15) is 65.7 Å². The maximum Gasteiger partial charge on any atom is 0.156 e. The van der Waals surface area contributed by atoms with Crippen molar-refractivity contribution in [2.45, 2.75) is 90.9 Å². The Hall–Kier alpha value is 0.0369. The van der Waals surface area contributed by atoms with E-state index in [1.54, 1.807) is 0 Å². The van der Waals surface area contributed by atoms with Gasteiger partial charge in [-0.25, -0.2) is 0 Å². The van der Waals surface area contributed by atoms with Crippen molar-refractivity contribution in [3.63, 3.8) is 0 Å². The lowest BCUT2D eigenvalue weighted by Gasteiger charge is -2.19. The van der Waals surface area contributed by atoms with Gasteiger partial charge in [0.05, 0.1) is 0 Å². The maximum absolute atomic E-state index is 4.75. The Morgan fingerprint density at radius 2 is 1.68 bits per heavy atom. The maximum atomic E-state index is 4.75. The summed E-state index contributed by atoms with van der Waals surface area (Å²) in [6.45, 7) is 13.9. The van der Waals surface area contributed by atoms with Crippen molar-refractivity contribution >= 4 is 25.0 Å². The van der Waals surface area contributed by atoms with Gasteiger partial charge in [0.15, 0.2) is 5.17 Å². The number of aliphatic imine (C=N–C) groups is 1. The third-order valence-corrected chi connectivity index (χ3v) is 8.77. The van der Waals surface area contributed by atoms with Gasteiger partial charge in [-0.2, -0.15) is 0 Å². The first-order valence-electron chi connectivity index (χ1n) is 9.46. The van der Waals surface area contributed by atoms with E-state index in [-0.39, 0.29) is 0 Å². The van der Waals surface area contributed by atoms with Gasteiger partial charge >= 0.3 is 0 Å². The van der Waals surface area contributed by atoms with E-state index in [2.05, 4.69) is 39.2 Å². The molecule has 4 heteroatoms. The summed E-state index contributed by atoms with van der Waals surface area (Å²) < 4.78 is 0. The highest BCUT2D eigenvalue weighted by Gasteiger charge is 2.16. The second kappa shape index (κ2) is 14.6. The topological polar surface area (TPSA) is 24.4 Å². The average Bonchev–Trinajstić information content (AvgIpc) is 2.50. The largest absolute Gasteiger partial charge is 0.365 e. The van der Waals surface area contributed by atoms with E-state index < -0.39 is 8.07 Å². The van der Waals surface area contributed by atoms with E-state index in [0.29, 0.717) is 0 Å². The molecule has 0 aliphatic carbocycles. The lowest BCUT2D eigenvalue weighted by molar-refractivity contribution is 0.638. The van der Waals surface area contributed by atoms with Gasteiger partial charge in [-0.1, -0.05) is 89.8 Å². The molecule has 0 amide bonds. The minimum absolute atomic E-state index is 0.870. The monoisotopic (exact) mass is 344 g/mol.